The number of hydrogen-bond acceptors (Lipinski definition) is 1. The van der Waals surface area contributed by atoms with Gasteiger partial charge in [0.05, 0.1) is 0 Å². The molecule has 0 unspecified atom stereocenters. The van der Waals surface area contributed by atoms with E-state index in [2.05, 4.69) is 77.7 Å². The molecular weight excluding hydrogens is 272 g/mol. The van der Waals surface area contributed by atoms with E-state index < -0.39 is 8.32 Å². The Morgan fingerprint density at radius 1 is 1.19 bits per heavy atom. The fourth-order valence-electron chi connectivity index (χ4n) is 2.39. The summed E-state index contributed by atoms with van der Waals surface area (Å²) in [5.74, 6) is 0.443. The van der Waals surface area contributed by atoms with Gasteiger partial charge in [0.15, 0.2) is 8.32 Å². The summed E-state index contributed by atoms with van der Waals surface area (Å²) in [5, 5.41) is 0.251. The van der Waals surface area contributed by atoms with E-state index in [1.165, 1.54) is 5.56 Å². The maximum Gasteiger partial charge on any atom is 0.192 e. The highest BCUT2D eigenvalue weighted by Gasteiger charge is 2.39. The molecule has 0 aliphatic rings. The molecule has 118 valence electrons. The quantitative estimate of drug-likeness (QED) is 0.434. The monoisotopic (exact) mass is 304 g/mol. The Hall–Kier alpha value is -0.863. The van der Waals surface area contributed by atoms with Crippen LogP contribution < -0.4 is 0 Å². The van der Waals surface area contributed by atoms with Crippen LogP contribution in [0.2, 0.25) is 18.1 Å². The minimum atomic E-state index is -1.73. The van der Waals surface area contributed by atoms with Crippen molar-refractivity contribution < 1.29 is 4.43 Å². The number of benzene rings is 1. The molecule has 1 nitrogen and oxygen atoms in total. The Bertz CT molecular complexity index is 431. The van der Waals surface area contributed by atoms with Crippen molar-refractivity contribution >= 4 is 8.32 Å². The van der Waals surface area contributed by atoms with E-state index in [4.69, 9.17) is 4.43 Å². The molecule has 21 heavy (non-hydrogen) atoms. The van der Waals surface area contributed by atoms with Gasteiger partial charge in [0.25, 0.3) is 0 Å². The molecule has 0 fully saturated rings. The molecule has 0 spiro atoms. The molecule has 0 N–H and O–H groups in total. The van der Waals surface area contributed by atoms with Gasteiger partial charge in [-0.1, -0.05) is 57.2 Å². The standard InChI is InChI=1S/C19H32OSi/c1-8-9-15-18(17-13-11-10-12-14-17)16(2)20-21(6,7)19(3,4)5/h8,10-14,16,18H,1,9,15H2,2-7H3/t16-,18+/m1/s1. The predicted octanol–water partition coefficient (Wildman–Crippen LogP) is 6.15. The summed E-state index contributed by atoms with van der Waals surface area (Å²) >= 11 is 0. The van der Waals surface area contributed by atoms with Crippen molar-refractivity contribution in [3.63, 3.8) is 0 Å². The summed E-state index contributed by atoms with van der Waals surface area (Å²) in [5.41, 5.74) is 1.38. The molecule has 0 amide bonds. The van der Waals surface area contributed by atoms with E-state index in [1.807, 2.05) is 6.08 Å². The van der Waals surface area contributed by atoms with Crippen LogP contribution in [-0.4, -0.2) is 14.4 Å². The van der Waals surface area contributed by atoms with E-state index >= 15 is 0 Å². The summed E-state index contributed by atoms with van der Waals surface area (Å²) in [7, 11) is -1.73. The molecule has 2 heteroatoms. The lowest BCUT2D eigenvalue weighted by molar-refractivity contribution is 0.164. The van der Waals surface area contributed by atoms with E-state index in [-0.39, 0.29) is 11.1 Å². The normalized spacial score (nSPS) is 15.5. The Morgan fingerprint density at radius 3 is 2.24 bits per heavy atom. The second-order valence-corrected chi connectivity index (χ2v) is 12.2. The molecule has 0 radical (unpaired) electrons. The minimum absolute atomic E-state index is 0.244. The van der Waals surface area contributed by atoms with Gasteiger partial charge in [0, 0.05) is 12.0 Å². The predicted molar refractivity (Wildman–Crippen MR) is 96.4 cm³/mol. The van der Waals surface area contributed by atoms with Crippen LogP contribution in [0.15, 0.2) is 43.0 Å². The molecular formula is C19H32OSi. The molecule has 1 rings (SSSR count). The molecule has 2 atom stereocenters. The number of hydrogen-bond donors (Lipinski definition) is 0. The average molecular weight is 305 g/mol. The number of rotatable bonds is 7. The van der Waals surface area contributed by atoms with Crippen LogP contribution in [0, 0.1) is 0 Å². The zero-order valence-corrected chi connectivity index (χ0v) is 15.6. The lowest BCUT2D eigenvalue weighted by atomic mass is 9.90. The maximum atomic E-state index is 6.62. The topological polar surface area (TPSA) is 9.23 Å². The lowest BCUT2D eigenvalue weighted by Crippen LogP contribution is -2.44. The van der Waals surface area contributed by atoms with Crippen molar-refractivity contribution in [3.05, 3.63) is 48.6 Å². The molecule has 1 aromatic carbocycles. The van der Waals surface area contributed by atoms with Gasteiger partial charge < -0.3 is 4.43 Å². The summed E-state index contributed by atoms with van der Waals surface area (Å²) in [6, 6.07) is 10.8. The largest absolute Gasteiger partial charge is 0.414 e. The molecule has 0 saturated carbocycles. The van der Waals surface area contributed by atoms with Gasteiger partial charge in [-0.3, -0.25) is 0 Å². The molecule has 0 saturated heterocycles. The molecule has 0 aliphatic carbocycles. The van der Waals surface area contributed by atoms with Crippen molar-refractivity contribution in [2.45, 2.75) is 70.7 Å². The third-order valence-electron chi connectivity index (χ3n) is 4.76. The lowest BCUT2D eigenvalue weighted by Gasteiger charge is -2.40. The van der Waals surface area contributed by atoms with Gasteiger partial charge in [-0.15, -0.1) is 6.58 Å². The van der Waals surface area contributed by atoms with E-state index in [0.717, 1.165) is 12.8 Å². The van der Waals surface area contributed by atoms with Gasteiger partial charge in [-0.05, 0) is 43.5 Å². The first-order valence-corrected chi connectivity index (χ1v) is 10.9. The molecule has 1 aromatic rings. The zero-order chi connectivity index (χ0) is 16.1. The van der Waals surface area contributed by atoms with Crippen molar-refractivity contribution in [2.75, 3.05) is 0 Å². The van der Waals surface area contributed by atoms with Crippen LogP contribution in [0.5, 0.6) is 0 Å². The Balaban J connectivity index is 2.91. The Kier molecular flexibility index (Phi) is 6.42. The highest BCUT2D eigenvalue weighted by atomic mass is 28.4. The first-order chi connectivity index (χ1) is 9.69. The second kappa shape index (κ2) is 7.41. The van der Waals surface area contributed by atoms with Crippen LogP contribution in [0.25, 0.3) is 0 Å². The number of allylic oxidation sites excluding steroid dienone is 1. The van der Waals surface area contributed by atoms with Gasteiger partial charge in [0.1, 0.15) is 0 Å². The van der Waals surface area contributed by atoms with Gasteiger partial charge >= 0.3 is 0 Å². The average Bonchev–Trinajstić information content (AvgIpc) is 2.38. The Labute approximate surface area is 132 Å². The fourth-order valence-corrected chi connectivity index (χ4v) is 3.84. The van der Waals surface area contributed by atoms with Crippen LogP contribution in [-0.2, 0) is 4.43 Å². The maximum absolute atomic E-state index is 6.62. The second-order valence-electron chi connectivity index (χ2n) is 7.47. The van der Waals surface area contributed by atoms with E-state index in [1.54, 1.807) is 0 Å². The van der Waals surface area contributed by atoms with Crippen LogP contribution in [0.4, 0.5) is 0 Å². The molecule has 0 aliphatic heterocycles. The van der Waals surface area contributed by atoms with Gasteiger partial charge in [-0.25, -0.2) is 0 Å². The van der Waals surface area contributed by atoms with Crippen LogP contribution in [0.3, 0.4) is 0 Å². The first kappa shape index (κ1) is 18.2. The Morgan fingerprint density at radius 2 is 1.76 bits per heavy atom. The molecule has 0 aromatic heterocycles. The molecule has 0 bridgehead atoms. The fraction of sp³-hybridized carbons (Fsp3) is 0.579. The van der Waals surface area contributed by atoms with Gasteiger partial charge in [-0.2, -0.15) is 0 Å². The van der Waals surface area contributed by atoms with E-state index in [9.17, 15) is 0 Å². The summed E-state index contributed by atoms with van der Waals surface area (Å²) < 4.78 is 6.62. The van der Waals surface area contributed by atoms with Gasteiger partial charge in [0.2, 0.25) is 0 Å². The van der Waals surface area contributed by atoms with Crippen molar-refractivity contribution in [1.29, 1.82) is 0 Å². The van der Waals surface area contributed by atoms with E-state index in [0.29, 0.717) is 5.92 Å². The van der Waals surface area contributed by atoms with Crippen molar-refractivity contribution in [1.82, 2.24) is 0 Å². The van der Waals surface area contributed by atoms with Crippen LogP contribution in [0.1, 0.15) is 52.0 Å². The van der Waals surface area contributed by atoms with Crippen molar-refractivity contribution in [3.8, 4) is 0 Å². The smallest absolute Gasteiger partial charge is 0.192 e. The minimum Gasteiger partial charge on any atom is -0.414 e. The summed E-state index contributed by atoms with van der Waals surface area (Å²) in [6.45, 7) is 17.7. The third-order valence-corrected chi connectivity index (χ3v) is 9.34. The van der Waals surface area contributed by atoms with Crippen LogP contribution >= 0.6 is 0 Å². The summed E-state index contributed by atoms with van der Waals surface area (Å²) in [6.07, 6.45) is 4.39. The third kappa shape index (κ3) is 5.12. The highest BCUT2D eigenvalue weighted by molar-refractivity contribution is 6.74. The SMILES string of the molecule is C=CCC[C@H](c1ccccc1)[C@@H](C)O[Si](C)(C)C(C)(C)C. The van der Waals surface area contributed by atoms with Crippen molar-refractivity contribution in [2.24, 2.45) is 0 Å². The first-order valence-electron chi connectivity index (χ1n) is 8.02. The highest BCUT2D eigenvalue weighted by Crippen LogP contribution is 2.39. The zero-order valence-electron chi connectivity index (χ0n) is 14.6. The molecule has 0 heterocycles. The summed E-state index contributed by atoms with van der Waals surface area (Å²) in [4.78, 5) is 0.